The Morgan fingerprint density at radius 3 is 2.53 bits per heavy atom. The summed E-state index contributed by atoms with van der Waals surface area (Å²) in [5.74, 6) is 3.18. The van der Waals surface area contributed by atoms with Gasteiger partial charge in [0.15, 0.2) is 5.82 Å². The molecular weight excluding hydrogens is 238 g/mol. The average molecular weight is 261 g/mol. The number of piperidine rings is 1. The van der Waals surface area contributed by atoms with Gasteiger partial charge in [-0.2, -0.15) is 4.98 Å². The fourth-order valence-electron chi connectivity index (χ4n) is 4.29. The van der Waals surface area contributed by atoms with Crippen LogP contribution in [0.2, 0.25) is 0 Å². The first-order valence-electron chi connectivity index (χ1n) is 7.95. The third-order valence-corrected chi connectivity index (χ3v) is 5.24. The van der Waals surface area contributed by atoms with Gasteiger partial charge >= 0.3 is 0 Å². The maximum Gasteiger partial charge on any atom is 0.226 e. The van der Waals surface area contributed by atoms with E-state index < -0.39 is 0 Å². The highest BCUT2D eigenvalue weighted by atomic mass is 16.5. The van der Waals surface area contributed by atoms with Crippen LogP contribution in [0.3, 0.4) is 0 Å². The Labute approximate surface area is 114 Å². The molecule has 3 aliphatic rings. The van der Waals surface area contributed by atoms with Gasteiger partial charge in [0.05, 0.1) is 0 Å². The SMILES string of the molecule is C1CCC(c2noc(CC3CC4CCC(C3)N4)n2)C1. The van der Waals surface area contributed by atoms with Crippen molar-refractivity contribution in [1.29, 1.82) is 0 Å². The number of nitrogens with zero attached hydrogens (tertiary/aromatic N) is 2. The van der Waals surface area contributed by atoms with Crippen LogP contribution >= 0.6 is 0 Å². The fourth-order valence-corrected chi connectivity index (χ4v) is 4.29. The van der Waals surface area contributed by atoms with Gasteiger partial charge in [-0.15, -0.1) is 0 Å². The molecule has 2 saturated heterocycles. The molecule has 2 unspecified atom stereocenters. The van der Waals surface area contributed by atoms with Gasteiger partial charge in [0.25, 0.3) is 0 Å². The van der Waals surface area contributed by atoms with Gasteiger partial charge < -0.3 is 9.84 Å². The van der Waals surface area contributed by atoms with E-state index in [1.165, 1.54) is 51.4 Å². The molecule has 2 bridgehead atoms. The summed E-state index contributed by atoms with van der Waals surface area (Å²) >= 11 is 0. The smallest absolute Gasteiger partial charge is 0.226 e. The summed E-state index contributed by atoms with van der Waals surface area (Å²) in [7, 11) is 0. The number of aromatic nitrogens is 2. The summed E-state index contributed by atoms with van der Waals surface area (Å²) in [6.45, 7) is 0. The summed E-state index contributed by atoms with van der Waals surface area (Å²) < 4.78 is 5.49. The third kappa shape index (κ3) is 2.42. The number of rotatable bonds is 3. The van der Waals surface area contributed by atoms with E-state index in [9.17, 15) is 0 Å². The van der Waals surface area contributed by atoms with Gasteiger partial charge in [0.1, 0.15) is 0 Å². The van der Waals surface area contributed by atoms with Crippen molar-refractivity contribution in [3.05, 3.63) is 11.7 Å². The summed E-state index contributed by atoms with van der Waals surface area (Å²) in [4.78, 5) is 4.66. The zero-order valence-electron chi connectivity index (χ0n) is 11.5. The summed E-state index contributed by atoms with van der Waals surface area (Å²) in [6.07, 6.45) is 11.4. The lowest BCUT2D eigenvalue weighted by Gasteiger charge is -2.28. The van der Waals surface area contributed by atoms with E-state index in [1.807, 2.05) is 0 Å². The number of fused-ring (bicyclic) bond motifs is 2. The molecule has 104 valence electrons. The van der Waals surface area contributed by atoms with E-state index in [0.717, 1.165) is 36.1 Å². The van der Waals surface area contributed by atoms with Crippen molar-refractivity contribution in [2.24, 2.45) is 5.92 Å². The number of nitrogens with one attached hydrogen (secondary N) is 1. The molecule has 4 rings (SSSR count). The zero-order valence-corrected chi connectivity index (χ0v) is 11.5. The maximum absolute atomic E-state index is 5.49. The van der Waals surface area contributed by atoms with E-state index in [0.29, 0.717) is 5.92 Å². The van der Waals surface area contributed by atoms with Gasteiger partial charge in [0, 0.05) is 24.4 Å². The van der Waals surface area contributed by atoms with Gasteiger partial charge in [-0.25, -0.2) is 0 Å². The van der Waals surface area contributed by atoms with Crippen LogP contribution in [0.4, 0.5) is 0 Å². The van der Waals surface area contributed by atoms with Gasteiger partial charge in [-0.1, -0.05) is 18.0 Å². The zero-order chi connectivity index (χ0) is 12.7. The average Bonchev–Trinajstić information content (AvgIpc) is 3.10. The first-order valence-corrected chi connectivity index (χ1v) is 7.95. The van der Waals surface area contributed by atoms with Crippen LogP contribution in [-0.2, 0) is 6.42 Å². The molecule has 4 nitrogen and oxygen atoms in total. The Balaban J connectivity index is 1.40. The molecule has 1 saturated carbocycles. The molecule has 1 aromatic heterocycles. The molecule has 1 N–H and O–H groups in total. The van der Waals surface area contributed by atoms with E-state index in [1.54, 1.807) is 0 Å². The molecule has 0 aromatic carbocycles. The summed E-state index contributed by atoms with van der Waals surface area (Å²) in [6, 6.07) is 1.50. The molecule has 2 atom stereocenters. The predicted molar refractivity (Wildman–Crippen MR) is 71.9 cm³/mol. The van der Waals surface area contributed by atoms with Crippen molar-refractivity contribution in [3.63, 3.8) is 0 Å². The summed E-state index contributed by atoms with van der Waals surface area (Å²) in [5.41, 5.74) is 0. The predicted octanol–water partition coefficient (Wildman–Crippen LogP) is 2.80. The third-order valence-electron chi connectivity index (χ3n) is 5.24. The topological polar surface area (TPSA) is 51.0 Å². The highest BCUT2D eigenvalue weighted by molar-refractivity contribution is 5.00. The van der Waals surface area contributed by atoms with Gasteiger partial charge in [-0.3, -0.25) is 0 Å². The molecule has 3 heterocycles. The number of hydrogen-bond acceptors (Lipinski definition) is 4. The Kier molecular flexibility index (Phi) is 3.06. The lowest BCUT2D eigenvalue weighted by Crippen LogP contribution is -2.38. The van der Waals surface area contributed by atoms with Crippen LogP contribution in [0.15, 0.2) is 4.52 Å². The van der Waals surface area contributed by atoms with Crippen LogP contribution in [0.1, 0.15) is 69.0 Å². The monoisotopic (exact) mass is 261 g/mol. The molecule has 2 aliphatic heterocycles. The Hall–Kier alpha value is -0.900. The second kappa shape index (κ2) is 4.89. The van der Waals surface area contributed by atoms with E-state index >= 15 is 0 Å². The van der Waals surface area contributed by atoms with Crippen LogP contribution in [-0.4, -0.2) is 22.2 Å². The quantitative estimate of drug-likeness (QED) is 0.909. The molecule has 1 aromatic rings. The second-order valence-corrected chi connectivity index (χ2v) is 6.71. The Morgan fingerprint density at radius 1 is 1.05 bits per heavy atom. The Morgan fingerprint density at radius 2 is 1.79 bits per heavy atom. The van der Waals surface area contributed by atoms with Crippen molar-refractivity contribution in [2.45, 2.75) is 75.8 Å². The number of hydrogen-bond donors (Lipinski definition) is 1. The van der Waals surface area contributed by atoms with Crippen LogP contribution < -0.4 is 5.32 Å². The lowest BCUT2D eigenvalue weighted by molar-refractivity contribution is 0.270. The first kappa shape index (κ1) is 11.9. The fraction of sp³-hybridized carbons (Fsp3) is 0.867. The molecule has 0 amide bonds. The normalized spacial score (nSPS) is 35.1. The highest BCUT2D eigenvalue weighted by Crippen LogP contribution is 2.34. The highest BCUT2D eigenvalue weighted by Gasteiger charge is 2.34. The molecular formula is C15H23N3O. The van der Waals surface area contributed by atoms with Gasteiger partial charge in [0.2, 0.25) is 5.89 Å². The molecule has 0 spiro atoms. The molecule has 3 fully saturated rings. The van der Waals surface area contributed by atoms with Crippen molar-refractivity contribution < 1.29 is 4.52 Å². The van der Waals surface area contributed by atoms with Crippen LogP contribution in [0, 0.1) is 5.92 Å². The summed E-state index contributed by atoms with van der Waals surface area (Å²) in [5, 5.41) is 7.91. The lowest BCUT2D eigenvalue weighted by atomic mass is 9.90. The largest absolute Gasteiger partial charge is 0.339 e. The van der Waals surface area contributed by atoms with E-state index in [-0.39, 0.29) is 0 Å². The van der Waals surface area contributed by atoms with Crippen molar-refractivity contribution in [1.82, 2.24) is 15.5 Å². The molecule has 19 heavy (non-hydrogen) atoms. The Bertz CT molecular complexity index is 426. The van der Waals surface area contributed by atoms with Crippen molar-refractivity contribution in [3.8, 4) is 0 Å². The standard InChI is InChI=1S/C15H23N3O/c1-2-4-11(3-1)15-17-14(19-18-15)9-10-7-12-5-6-13(8-10)16-12/h10-13,16H,1-9H2. The van der Waals surface area contributed by atoms with Crippen LogP contribution in [0.5, 0.6) is 0 Å². The minimum atomic E-state index is 0.571. The maximum atomic E-state index is 5.49. The molecule has 4 heteroatoms. The minimum absolute atomic E-state index is 0.571. The van der Waals surface area contributed by atoms with Gasteiger partial charge in [-0.05, 0) is 44.4 Å². The minimum Gasteiger partial charge on any atom is -0.339 e. The van der Waals surface area contributed by atoms with Crippen molar-refractivity contribution >= 4 is 0 Å². The van der Waals surface area contributed by atoms with Crippen LogP contribution in [0.25, 0.3) is 0 Å². The van der Waals surface area contributed by atoms with E-state index in [4.69, 9.17) is 4.52 Å². The molecule has 0 radical (unpaired) electrons. The van der Waals surface area contributed by atoms with E-state index in [2.05, 4.69) is 15.5 Å². The van der Waals surface area contributed by atoms with Crippen molar-refractivity contribution in [2.75, 3.05) is 0 Å². The molecule has 1 aliphatic carbocycles. The second-order valence-electron chi connectivity index (χ2n) is 6.71. The first-order chi connectivity index (χ1) is 9.37.